The minimum absolute atomic E-state index is 0.188. The summed E-state index contributed by atoms with van der Waals surface area (Å²) in [4.78, 5) is 16.4. The van der Waals surface area contributed by atoms with Crippen LogP contribution in [0.5, 0.6) is 0 Å². The number of anilines is 1. The first-order chi connectivity index (χ1) is 8.58. The number of carboxylic acid groups (broad SMARTS) is 1. The Labute approximate surface area is 117 Å². The van der Waals surface area contributed by atoms with E-state index in [9.17, 15) is 4.79 Å². The molecule has 0 aliphatic heterocycles. The van der Waals surface area contributed by atoms with Gasteiger partial charge >= 0.3 is 5.97 Å². The second kappa shape index (κ2) is 5.49. The van der Waals surface area contributed by atoms with Gasteiger partial charge in [0, 0.05) is 15.0 Å². The predicted molar refractivity (Wildman–Crippen MR) is 75.3 cm³/mol. The van der Waals surface area contributed by atoms with Gasteiger partial charge in [-0.15, -0.1) is 11.3 Å². The number of aromatic carboxylic acids is 1. The van der Waals surface area contributed by atoms with Gasteiger partial charge in [0.25, 0.3) is 0 Å². The monoisotopic (exact) mass is 326 g/mol. The fraction of sp³-hybridized carbons (Fsp3) is 0.167. The van der Waals surface area contributed by atoms with Crippen LogP contribution in [-0.2, 0) is 6.54 Å². The Morgan fingerprint density at radius 2 is 2.28 bits per heavy atom. The number of thiophene rings is 1. The van der Waals surface area contributed by atoms with E-state index in [4.69, 9.17) is 5.11 Å². The highest BCUT2D eigenvalue weighted by atomic mass is 79.9. The Morgan fingerprint density at radius 3 is 2.89 bits per heavy atom. The van der Waals surface area contributed by atoms with Gasteiger partial charge < -0.3 is 10.4 Å². The fourth-order valence-electron chi connectivity index (χ4n) is 1.48. The number of aromatic nitrogens is 1. The maximum atomic E-state index is 11.1. The van der Waals surface area contributed by atoms with Crippen molar-refractivity contribution in [3.63, 3.8) is 0 Å². The lowest BCUT2D eigenvalue weighted by Crippen LogP contribution is -2.08. The average molecular weight is 327 g/mol. The van der Waals surface area contributed by atoms with Crippen molar-refractivity contribution in [1.29, 1.82) is 0 Å². The zero-order chi connectivity index (χ0) is 13.1. The first-order valence-corrected chi connectivity index (χ1v) is 6.92. The molecule has 2 heterocycles. The molecular weight excluding hydrogens is 316 g/mol. The van der Waals surface area contributed by atoms with E-state index in [2.05, 4.69) is 26.2 Å². The third kappa shape index (κ3) is 2.88. The smallest absolute Gasteiger partial charge is 0.339 e. The van der Waals surface area contributed by atoms with Gasteiger partial charge in [0.2, 0.25) is 0 Å². The van der Waals surface area contributed by atoms with Gasteiger partial charge in [0.1, 0.15) is 11.4 Å². The molecule has 6 heteroatoms. The fourth-order valence-corrected chi connectivity index (χ4v) is 2.91. The molecule has 0 aromatic carbocycles. The number of halogens is 1. The lowest BCUT2D eigenvalue weighted by Gasteiger charge is -2.08. The Hall–Kier alpha value is -1.40. The van der Waals surface area contributed by atoms with Crippen molar-refractivity contribution in [1.82, 2.24) is 4.98 Å². The summed E-state index contributed by atoms with van der Waals surface area (Å²) in [7, 11) is 0. The van der Waals surface area contributed by atoms with Crippen LogP contribution in [0.2, 0.25) is 0 Å². The van der Waals surface area contributed by atoms with E-state index in [1.807, 2.05) is 18.4 Å². The first-order valence-electron chi connectivity index (χ1n) is 5.24. The van der Waals surface area contributed by atoms with E-state index in [1.165, 1.54) is 0 Å². The highest BCUT2D eigenvalue weighted by molar-refractivity contribution is 9.10. The number of carbonyl (C=O) groups is 1. The van der Waals surface area contributed by atoms with Crippen LogP contribution in [-0.4, -0.2) is 16.1 Å². The van der Waals surface area contributed by atoms with Crippen LogP contribution in [0.15, 0.2) is 28.1 Å². The Kier molecular flexibility index (Phi) is 3.98. The number of rotatable bonds is 4. The third-order valence-corrected chi connectivity index (χ3v) is 4.30. The Morgan fingerprint density at radius 1 is 1.50 bits per heavy atom. The number of nitrogens with zero attached hydrogens (tertiary/aromatic N) is 1. The molecule has 0 amide bonds. The van der Waals surface area contributed by atoms with Gasteiger partial charge in [-0.05, 0) is 46.4 Å². The molecule has 2 rings (SSSR count). The molecule has 2 N–H and O–H groups in total. The van der Waals surface area contributed by atoms with Crippen LogP contribution in [0.4, 0.5) is 5.82 Å². The van der Waals surface area contributed by atoms with Crippen molar-refractivity contribution in [3.8, 4) is 0 Å². The number of nitrogens with one attached hydrogen (secondary N) is 1. The van der Waals surface area contributed by atoms with Gasteiger partial charge in [0.15, 0.2) is 0 Å². The summed E-state index contributed by atoms with van der Waals surface area (Å²) < 4.78 is 1.02. The normalized spacial score (nSPS) is 10.3. The summed E-state index contributed by atoms with van der Waals surface area (Å²) in [5.41, 5.74) is 0.973. The first kappa shape index (κ1) is 13.0. The van der Waals surface area contributed by atoms with Crippen LogP contribution in [0.1, 0.15) is 20.9 Å². The molecule has 2 aromatic rings. The molecule has 0 atom stereocenters. The highest BCUT2D eigenvalue weighted by Gasteiger charge is 2.12. The molecule has 2 aromatic heterocycles. The van der Waals surface area contributed by atoms with Gasteiger partial charge in [0.05, 0.1) is 6.54 Å². The topological polar surface area (TPSA) is 62.2 Å². The van der Waals surface area contributed by atoms with Crippen molar-refractivity contribution in [2.45, 2.75) is 13.5 Å². The molecule has 0 spiro atoms. The van der Waals surface area contributed by atoms with E-state index in [-0.39, 0.29) is 5.56 Å². The molecule has 0 fully saturated rings. The molecule has 18 heavy (non-hydrogen) atoms. The number of hydrogen-bond donors (Lipinski definition) is 2. The number of aryl methyl sites for hydroxylation is 1. The van der Waals surface area contributed by atoms with E-state index >= 15 is 0 Å². The second-order valence-corrected chi connectivity index (χ2v) is 5.55. The Balaban J connectivity index is 2.20. The standard InChI is InChI=1S/C12H11BrN2O2S/c1-7-2-3-8(12(16)17)11(15-7)14-6-10-9(13)4-5-18-10/h2-5H,6H2,1H3,(H,14,15)(H,16,17). The summed E-state index contributed by atoms with van der Waals surface area (Å²) in [5, 5.41) is 14.1. The maximum Gasteiger partial charge on any atom is 0.339 e. The van der Waals surface area contributed by atoms with E-state index in [1.54, 1.807) is 23.5 Å². The van der Waals surface area contributed by atoms with Crippen molar-refractivity contribution in [3.05, 3.63) is 44.2 Å². The minimum atomic E-state index is -0.977. The largest absolute Gasteiger partial charge is 0.478 e. The lowest BCUT2D eigenvalue weighted by atomic mass is 10.2. The summed E-state index contributed by atoms with van der Waals surface area (Å²) in [6, 6.07) is 5.22. The van der Waals surface area contributed by atoms with Crippen LogP contribution in [0.25, 0.3) is 0 Å². The number of pyridine rings is 1. The number of hydrogen-bond acceptors (Lipinski definition) is 4. The zero-order valence-electron chi connectivity index (χ0n) is 9.61. The quantitative estimate of drug-likeness (QED) is 0.902. The number of carboxylic acids is 1. The minimum Gasteiger partial charge on any atom is -0.478 e. The van der Waals surface area contributed by atoms with Crippen molar-refractivity contribution < 1.29 is 9.90 Å². The van der Waals surface area contributed by atoms with Gasteiger partial charge in [-0.25, -0.2) is 9.78 Å². The second-order valence-electron chi connectivity index (χ2n) is 3.70. The molecule has 0 bridgehead atoms. The molecule has 0 radical (unpaired) electrons. The average Bonchev–Trinajstić information content (AvgIpc) is 2.72. The van der Waals surface area contributed by atoms with Gasteiger partial charge in [-0.2, -0.15) is 0 Å². The molecular formula is C12H11BrN2O2S. The predicted octanol–water partition coefficient (Wildman–Crippen LogP) is 3.52. The molecule has 4 nitrogen and oxygen atoms in total. The summed E-state index contributed by atoms with van der Waals surface area (Å²) >= 11 is 5.04. The van der Waals surface area contributed by atoms with Crippen LogP contribution >= 0.6 is 27.3 Å². The SMILES string of the molecule is Cc1ccc(C(=O)O)c(NCc2sccc2Br)n1. The Bertz CT molecular complexity index is 583. The van der Waals surface area contributed by atoms with Crippen molar-refractivity contribution >= 4 is 39.1 Å². The van der Waals surface area contributed by atoms with Crippen molar-refractivity contribution in [2.75, 3.05) is 5.32 Å². The van der Waals surface area contributed by atoms with Gasteiger partial charge in [-0.1, -0.05) is 0 Å². The van der Waals surface area contributed by atoms with Crippen LogP contribution in [0.3, 0.4) is 0 Å². The lowest BCUT2D eigenvalue weighted by molar-refractivity contribution is 0.0697. The summed E-state index contributed by atoms with van der Waals surface area (Å²) in [6.07, 6.45) is 0. The summed E-state index contributed by atoms with van der Waals surface area (Å²) in [5.74, 6) is -0.571. The van der Waals surface area contributed by atoms with Gasteiger partial charge in [-0.3, -0.25) is 0 Å². The molecule has 0 unspecified atom stereocenters. The summed E-state index contributed by atoms with van der Waals surface area (Å²) in [6.45, 7) is 2.38. The molecule has 0 aliphatic carbocycles. The van der Waals surface area contributed by atoms with E-state index in [0.29, 0.717) is 12.4 Å². The zero-order valence-corrected chi connectivity index (χ0v) is 12.0. The van der Waals surface area contributed by atoms with E-state index < -0.39 is 5.97 Å². The molecule has 0 aliphatic rings. The highest BCUT2D eigenvalue weighted by Crippen LogP contribution is 2.24. The third-order valence-electron chi connectivity index (χ3n) is 2.37. The van der Waals surface area contributed by atoms with Crippen LogP contribution in [0, 0.1) is 6.92 Å². The van der Waals surface area contributed by atoms with Crippen LogP contribution < -0.4 is 5.32 Å². The van der Waals surface area contributed by atoms with Crippen molar-refractivity contribution in [2.24, 2.45) is 0 Å². The van der Waals surface area contributed by atoms with E-state index in [0.717, 1.165) is 15.0 Å². The molecule has 94 valence electrons. The molecule has 0 saturated heterocycles. The maximum absolute atomic E-state index is 11.1. The molecule has 0 saturated carbocycles.